The number of rotatable bonds is 9. The van der Waals surface area contributed by atoms with Crippen molar-refractivity contribution in [2.45, 2.75) is 19.1 Å². The van der Waals surface area contributed by atoms with Gasteiger partial charge in [-0.05, 0) is 42.8 Å². The molecule has 0 fully saturated rings. The molecular formula is C23H23NO9. The van der Waals surface area contributed by atoms with Crippen LogP contribution in [0, 0.1) is 0 Å². The van der Waals surface area contributed by atoms with Gasteiger partial charge in [0, 0.05) is 6.07 Å². The summed E-state index contributed by atoms with van der Waals surface area (Å²) in [6, 6.07) is 8.17. The van der Waals surface area contributed by atoms with Crippen LogP contribution in [0.2, 0.25) is 0 Å². The highest BCUT2D eigenvalue weighted by atomic mass is 16.5. The Morgan fingerprint density at radius 3 is 2.48 bits per heavy atom. The Bertz CT molecular complexity index is 1110. The lowest BCUT2D eigenvalue weighted by Gasteiger charge is -2.17. The minimum Gasteiger partial charge on any atom is -0.493 e. The number of aliphatic carboxylic acids is 1. The Morgan fingerprint density at radius 1 is 1.12 bits per heavy atom. The molecule has 0 unspecified atom stereocenters. The maximum absolute atomic E-state index is 12.7. The van der Waals surface area contributed by atoms with Gasteiger partial charge in [0.05, 0.1) is 25.9 Å². The Balaban J connectivity index is 1.69. The number of benzene rings is 2. The zero-order valence-electron chi connectivity index (χ0n) is 18.2. The Hall–Kier alpha value is -4.05. The van der Waals surface area contributed by atoms with E-state index in [1.54, 1.807) is 24.3 Å². The first-order valence-corrected chi connectivity index (χ1v) is 9.86. The number of ketones is 1. The molecule has 10 nitrogen and oxygen atoms in total. The number of fused-ring (bicyclic) bond motifs is 1. The van der Waals surface area contributed by atoms with E-state index < -0.39 is 30.6 Å². The average molecular weight is 457 g/mol. The number of nitrogens with one attached hydrogen (secondary N) is 1. The molecule has 1 aliphatic heterocycles. The van der Waals surface area contributed by atoms with Crippen molar-refractivity contribution in [3.8, 4) is 23.0 Å². The van der Waals surface area contributed by atoms with Crippen LogP contribution in [0.1, 0.15) is 22.8 Å². The number of Topliss-reactive ketones (excluding diaryl/α,β-unsaturated/α-hetero) is 1. The molecule has 174 valence electrons. The van der Waals surface area contributed by atoms with Gasteiger partial charge in [0.1, 0.15) is 11.5 Å². The fourth-order valence-electron chi connectivity index (χ4n) is 3.10. The second-order valence-corrected chi connectivity index (χ2v) is 7.12. The van der Waals surface area contributed by atoms with Crippen molar-refractivity contribution in [2.24, 2.45) is 0 Å². The molecule has 0 bridgehead atoms. The summed E-state index contributed by atoms with van der Waals surface area (Å²) < 4.78 is 21.5. The topological polar surface area (TPSA) is 141 Å². The van der Waals surface area contributed by atoms with Gasteiger partial charge in [0.25, 0.3) is 5.91 Å². The highest BCUT2D eigenvalue weighted by Crippen LogP contribution is 2.36. The summed E-state index contributed by atoms with van der Waals surface area (Å²) in [5, 5.41) is 20.6. The molecule has 0 aliphatic carbocycles. The van der Waals surface area contributed by atoms with Crippen molar-refractivity contribution >= 4 is 23.7 Å². The van der Waals surface area contributed by atoms with Gasteiger partial charge in [-0.25, -0.2) is 4.79 Å². The summed E-state index contributed by atoms with van der Waals surface area (Å²) in [4.78, 5) is 35.7. The highest BCUT2D eigenvalue weighted by Gasteiger charge is 2.28. The van der Waals surface area contributed by atoms with Crippen LogP contribution in [0.15, 0.2) is 42.2 Å². The van der Waals surface area contributed by atoms with Gasteiger partial charge in [0.2, 0.25) is 5.78 Å². The molecule has 0 radical (unpaired) electrons. The molecule has 0 spiro atoms. The van der Waals surface area contributed by atoms with E-state index in [1.165, 1.54) is 39.3 Å². The average Bonchev–Trinajstić information content (AvgIpc) is 3.09. The summed E-state index contributed by atoms with van der Waals surface area (Å²) in [5.74, 6) is -0.741. The molecular weight excluding hydrogens is 434 g/mol. The van der Waals surface area contributed by atoms with E-state index in [0.717, 1.165) is 0 Å². The number of allylic oxidation sites excluding steroid dienone is 1. The molecule has 2 aromatic rings. The van der Waals surface area contributed by atoms with Crippen molar-refractivity contribution in [1.29, 1.82) is 0 Å². The van der Waals surface area contributed by atoms with Crippen molar-refractivity contribution in [3.63, 3.8) is 0 Å². The quantitative estimate of drug-likeness (QED) is 0.479. The summed E-state index contributed by atoms with van der Waals surface area (Å²) in [6.45, 7) is 0.763. The zero-order valence-corrected chi connectivity index (χ0v) is 18.2. The summed E-state index contributed by atoms with van der Waals surface area (Å²) in [7, 11) is 3.03. The second kappa shape index (κ2) is 10.0. The highest BCUT2D eigenvalue weighted by molar-refractivity contribution is 6.14. The van der Waals surface area contributed by atoms with E-state index >= 15 is 0 Å². The van der Waals surface area contributed by atoms with Gasteiger partial charge in [-0.1, -0.05) is 6.07 Å². The van der Waals surface area contributed by atoms with Crippen molar-refractivity contribution in [1.82, 2.24) is 5.32 Å². The third-order valence-corrected chi connectivity index (χ3v) is 4.78. The lowest BCUT2D eigenvalue weighted by Crippen LogP contribution is -2.49. The van der Waals surface area contributed by atoms with E-state index in [0.29, 0.717) is 22.6 Å². The van der Waals surface area contributed by atoms with E-state index in [2.05, 4.69) is 5.32 Å². The molecule has 1 heterocycles. The van der Waals surface area contributed by atoms with E-state index in [-0.39, 0.29) is 23.0 Å². The molecule has 10 heteroatoms. The maximum atomic E-state index is 12.7. The van der Waals surface area contributed by atoms with Gasteiger partial charge < -0.3 is 34.5 Å². The largest absolute Gasteiger partial charge is 0.493 e. The molecule has 0 aromatic heterocycles. The number of carbonyl (C=O) groups excluding carboxylic acids is 2. The van der Waals surface area contributed by atoms with Gasteiger partial charge in [0.15, 0.2) is 29.9 Å². The molecule has 0 saturated heterocycles. The number of aliphatic hydroxyl groups excluding tert-OH is 1. The van der Waals surface area contributed by atoms with Gasteiger partial charge >= 0.3 is 5.97 Å². The molecule has 2 atom stereocenters. The van der Waals surface area contributed by atoms with Crippen LogP contribution in [0.25, 0.3) is 6.08 Å². The SMILES string of the molecule is COc1ccc(C=C2Oc3cc(OCC(=O)N[C@@H](C(=O)O)[C@@H](C)O)ccc3C2=O)cc1OC. The van der Waals surface area contributed by atoms with Crippen LogP contribution in [-0.4, -0.2) is 60.8 Å². The normalized spacial score (nSPS) is 15.3. The second-order valence-electron chi connectivity index (χ2n) is 7.12. The zero-order chi connectivity index (χ0) is 24.1. The molecule has 1 amide bonds. The molecule has 3 rings (SSSR count). The third-order valence-electron chi connectivity index (χ3n) is 4.78. The predicted octanol–water partition coefficient (Wildman–Crippen LogP) is 1.65. The lowest BCUT2D eigenvalue weighted by atomic mass is 10.1. The summed E-state index contributed by atoms with van der Waals surface area (Å²) >= 11 is 0. The Kier molecular flexibility index (Phi) is 7.19. The lowest BCUT2D eigenvalue weighted by molar-refractivity contribution is -0.145. The van der Waals surface area contributed by atoms with E-state index in [4.69, 9.17) is 24.1 Å². The molecule has 0 saturated carbocycles. The molecule has 1 aliphatic rings. The van der Waals surface area contributed by atoms with Crippen LogP contribution >= 0.6 is 0 Å². The van der Waals surface area contributed by atoms with Crippen molar-refractivity contribution in [2.75, 3.05) is 20.8 Å². The fraction of sp³-hybridized carbons (Fsp3) is 0.261. The Morgan fingerprint density at radius 2 is 1.85 bits per heavy atom. The number of carbonyl (C=O) groups is 3. The first-order chi connectivity index (χ1) is 15.7. The first-order valence-electron chi connectivity index (χ1n) is 9.86. The van der Waals surface area contributed by atoms with Gasteiger partial charge in [-0.3, -0.25) is 9.59 Å². The number of hydrogen-bond donors (Lipinski definition) is 3. The van der Waals surface area contributed by atoms with Crippen LogP contribution < -0.4 is 24.3 Å². The molecule has 2 aromatic carbocycles. The fourth-order valence-corrected chi connectivity index (χ4v) is 3.10. The number of amides is 1. The Labute approximate surface area is 189 Å². The summed E-state index contributed by atoms with van der Waals surface area (Å²) in [5.41, 5.74) is 1.00. The van der Waals surface area contributed by atoms with Gasteiger partial charge in [-0.2, -0.15) is 0 Å². The standard InChI is InChI=1S/C23H23NO9/c1-12(25)21(23(28)29)24-20(26)11-32-14-5-6-15-17(10-14)33-19(22(15)27)9-13-4-7-16(30-2)18(8-13)31-3/h4-10,12,21,25H,11H2,1-3H3,(H,24,26)(H,28,29)/t12-,21-/m1/s1. The van der Waals surface area contributed by atoms with Crippen LogP contribution in [0.5, 0.6) is 23.0 Å². The number of aliphatic hydroxyl groups is 1. The number of hydrogen-bond acceptors (Lipinski definition) is 8. The summed E-state index contributed by atoms with van der Waals surface area (Å²) in [6.07, 6.45) is 0.294. The van der Waals surface area contributed by atoms with Crippen molar-refractivity contribution < 1.29 is 43.5 Å². The first kappa shape index (κ1) is 23.6. The monoisotopic (exact) mass is 457 g/mol. The van der Waals surface area contributed by atoms with E-state index in [9.17, 15) is 19.5 Å². The number of carboxylic acids is 1. The number of methoxy groups -OCH3 is 2. The minimum absolute atomic E-state index is 0.105. The minimum atomic E-state index is -1.45. The predicted molar refractivity (Wildman–Crippen MR) is 116 cm³/mol. The maximum Gasteiger partial charge on any atom is 0.328 e. The van der Waals surface area contributed by atoms with E-state index in [1.807, 2.05) is 0 Å². The van der Waals surface area contributed by atoms with Crippen LogP contribution in [-0.2, 0) is 9.59 Å². The van der Waals surface area contributed by atoms with Crippen molar-refractivity contribution in [3.05, 3.63) is 53.3 Å². The molecule has 33 heavy (non-hydrogen) atoms. The number of ether oxygens (including phenoxy) is 4. The molecule has 3 N–H and O–H groups in total. The van der Waals surface area contributed by atoms with Crippen LogP contribution in [0.3, 0.4) is 0 Å². The van der Waals surface area contributed by atoms with Crippen LogP contribution in [0.4, 0.5) is 0 Å². The van der Waals surface area contributed by atoms with Gasteiger partial charge in [-0.15, -0.1) is 0 Å². The smallest absolute Gasteiger partial charge is 0.328 e. The third kappa shape index (κ3) is 5.42. The number of carboxylic acid groups (broad SMARTS) is 1.